The lowest BCUT2D eigenvalue weighted by Crippen LogP contribution is -2.00. The molecule has 14 heavy (non-hydrogen) atoms. The highest BCUT2D eigenvalue weighted by atomic mass is 16.5. The molecule has 0 bridgehead atoms. The monoisotopic (exact) mass is 196 g/mol. The van der Waals surface area contributed by atoms with Crippen LogP contribution in [0.15, 0.2) is 18.6 Å². The fraction of sp³-hybridized carbons (Fsp3) is 0.333. The number of carbonyl (C=O) groups is 1. The second kappa shape index (κ2) is 5.18. The van der Waals surface area contributed by atoms with E-state index in [1.165, 1.54) is 13.2 Å². The van der Waals surface area contributed by atoms with Crippen LogP contribution in [-0.4, -0.2) is 29.7 Å². The third-order valence-electron chi connectivity index (χ3n) is 1.60. The van der Waals surface area contributed by atoms with Crippen LogP contribution in [0.2, 0.25) is 0 Å². The van der Waals surface area contributed by atoms with Crippen LogP contribution in [0.1, 0.15) is 5.69 Å². The average Bonchev–Trinajstić information content (AvgIpc) is 2.62. The van der Waals surface area contributed by atoms with Crippen molar-refractivity contribution in [3.05, 3.63) is 24.3 Å². The number of aromatic nitrogens is 2. The highest BCUT2D eigenvalue weighted by Crippen LogP contribution is 2.02. The minimum atomic E-state index is -0.393. The summed E-state index contributed by atoms with van der Waals surface area (Å²) in [5.74, 6) is -0.393. The molecule has 0 aliphatic carbocycles. The summed E-state index contributed by atoms with van der Waals surface area (Å²) in [6, 6.07) is 0. The maximum Gasteiger partial charge on any atom is 0.330 e. The average molecular weight is 196 g/mol. The SMILES string of the molecule is COCn1cncc1/C=C/C(=O)OC. The molecular weight excluding hydrogens is 184 g/mol. The molecule has 1 aromatic rings. The molecular formula is C9H12N2O3. The summed E-state index contributed by atoms with van der Waals surface area (Å²) in [7, 11) is 2.92. The van der Waals surface area contributed by atoms with Crippen molar-refractivity contribution in [1.29, 1.82) is 0 Å². The molecule has 0 amide bonds. The first-order chi connectivity index (χ1) is 6.77. The maximum absolute atomic E-state index is 10.8. The van der Waals surface area contributed by atoms with Gasteiger partial charge in [-0.25, -0.2) is 9.78 Å². The number of nitrogens with zero attached hydrogens (tertiary/aromatic N) is 2. The van der Waals surface area contributed by atoms with Gasteiger partial charge in [0.1, 0.15) is 6.73 Å². The topological polar surface area (TPSA) is 53.4 Å². The summed E-state index contributed by atoms with van der Waals surface area (Å²) in [5.41, 5.74) is 0.789. The van der Waals surface area contributed by atoms with Crippen molar-refractivity contribution in [3.63, 3.8) is 0 Å². The van der Waals surface area contributed by atoms with Gasteiger partial charge < -0.3 is 14.0 Å². The van der Waals surface area contributed by atoms with Crippen molar-refractivity contribution in [1.82, 2.24) is 9.55 Å². The van der Waals surface area contributed by atoms with Gasteiger partial charge in [0, 0.05) is 13.2 Å². The summed E-state index contributed by atoms with van der Waals surface area (Å²) in [5, 5.41) is 0. The number of rotatable bonds is 4. The van der Waals surface area contributed by atoms with Gasteiger partial charge in [0.15, 0.2) is 0 Å². The molecule has 0 saturated carbocycles. The molecule has 1 heterocycles. The number of ether oxygens (including phenoxy) is 2. The Morgan fingerprint density at radius 1 is 1.64 bits per heavy atom. The summed E-state index contributed by atoms with van der Waals surface area (Å²) in [6.07, 6.45) is 6.22. The largest absolute Gasteiger partial charge is 0.466 e. The zero-order chi connectivity index (χ0) is 10.4. The molecule has 76 valence electrons. The molecule has 0 unspecified atom stereocenters. The lowest BCUT2D eigenvalue weighted by Gasteiger charge is -2.01. The van der Waals surface area contributed by atoms with Gasteiger partial charge in [-0.2, -0.15) is 0 Å². The van der Waals surface area contributed by atoms with Gasteiger partial charge in [-0.05, 0) is 6.08 Å². The molecule has 0 radical (unpaired) electrons. The lowest BCUT2D eigenvalue weighted by molar-refractivity contribution is -0.134. The number of hydrogen-bond donors (Lipinski definition) is 0. The van der Waals surface area contributed by atoms with Crippen LogP contribution in [0.5, 0.6) is 0 Å². The highest BCUT2D eigenvalue weighted by molar-refractivity contribution is 5.86. The first kappa shape index (κ1) is 10.5. The van der Waals surface area contributed by atoms with Gasteiger partial charge in [-0.15, -0.1) is 0 Å². The van der Waals surface area contributed by atoms with E-state index in [9.17, 15) is 4.79 Å². The van der Waals surface area contributed by atoms with E-state index in [2.05, 4.69) is 9.72 Å². The second-order valence-electron chi connectivity index (χ2n) is 2.56. The summed E-state index contributed by atoms with van der Waals surface area (Å²) < 4.78 is 11.2. The molecule has 0 aliphatic rings. The molecule has 5 heteroatoms. The summed E-state index contributed by atoms with van der Waals surface area (Å²) in [6.45, 7) is 0.404. The van der Waals surface area contributed by atoms with Crippen molar-refractivity contribution in [2.75, 3.05) is 14.2 Å². The van der Waals surface area contributed by atoms with Crippen LogP contribution >= 0.6 is 0 Å². The zero-order valence-electron chi connectivity index (χ0n) is 8.14. The quantitative estimate of drug-likeness (QED) is 0.524. The van der Waals surface area contributed by atoms with E-state index in [4.69, 9.17) is 4.74 Å². The molecule has 0 saturated heterocycles. The number of imidazole rings is 1. The molecule has 5 nitrogen and oxygen atoms in total. The van der Waals surface area contributed by atoms with E-state index in [0.717, 1.165) is 5.69 Å². The normalized spacial score (nSPS) is 10.7. The molecule has 0 aromatic carbocycles. The third kappa shape index (κ3) is 2.70. The van der Waals surface area contributed by atoms with Crippen LogP contribution < -0.4 is 0 Å². The van der Waals surface area contributed by atoms with Crippen LogP contribution in [0, 0.1) is 0 Å². The van der Waals surface area contributed by atoms with Crippen molar-refractivity contribution < 1.29 is 14.3 Å². The van der Waals surface area contributed by atoms with Crippen molar-refractivity contribution in [2.24, 2.45) is 0 Å². The second-order valence-corrected chi connectivity index (χ2v) is 2.56. The lowest BCUT2D eigenvalue weighted by atomic mass is 10.4. The summed E-state index contributed by atoms with van der Waals surface area (Å²) >= 11 is 0. The van der Waals surface area contributed by atoms with Gasteiger partial charge in [0.2, 0.25) is 0 Å². The maximum atomic E-state index is 10.8. The van der Waals surface area contributed by atoms with Gasteiger partial charge in [-0.3, -0.25) is 0 Å². The first-order valence-electron chi connectivity index (χ1n) is 4.03. The Balaban J connectivity index is 2.70. The molecule has 0 N–H and O–H groups in total. The third-order valence-corrected chi connectivity index (χ3v) is 1.60. The fourth-order valence-electron chi connectivity index (χ4n) is 0.938. The molecule has 1 rings (SSSR count). The number of hydrogen-bond acceptors (Lipinski definition) is 4. The van der Waals surface area contributed by atoms with E-state index < -0.39 is 5.97 Å². The smallest absolute Gasteiger partial charge is 0.330 e. The van der Waals surface area contributed by atoms with Crippen LogP contribution in [0.3, 0.4) is 0 Å². The minimum Gasteiger partial charge on any atom is -0.466 e. The van der Waals surface area contributed by atoms with E-state index >= 15 is 0 Å². The van der Waals surface area contributed by atoms with Crippen LogP contribution in [0.4, 0.5) is 0 Å². The van der Waals surface area contributed by atoms with Crippen LogP contribution in [-0.2, 0) is 21.0 Å². The van der Waals surface area contributed by atoms with E-state index in [-0.39, 0.29) is 0 Å². The minimum absolute atomic E-state index is 0.393. The van der Waals surface area contributed by atoms with Crippen molar-refractivity contribution >= 4 is 12.0 Å². The highest BCUT2D eigenvalue weighted by Gasteiger charge is 1.98. The van der Waals surface area contributed by atoms with Crippen LogP contribution in [0.25, 0.3) is 6.08 Å². The van der Waals surface area contributed by atoms with E-state index in [1.54, 1.807) is 30.3 Å². The van der Waals surface area contributed by atoms with Gasteiger partial charge in [0.05, 0.1) is 25.3 Å². The van der Waals surface area contributed by atoms with Crippen molar-refractivity contribution in [2.45, 2.75) is 6.73 Å². The molecule has 0 fully saturated rings. The van der Waals surface area contributed by atoms with E-state index in [1.807, 2.05) is 0 Å². The predicted octanol–water partition coefficient (Wildman–Crippen LogP) is 0.673. The Morgan fingerprint density at radius 2 is 2.43 bits per heavy atom. The number of methoxy groups -OCH3 is 2. The standard InChI is InChI=1S/C9H12N2O3/c1-13-7-11-6-10-5-8(11)3-4-9(12)14-2/h3-6H,7H2,1-2H3/b4-3+. The van der Waals surface area contributed by atoms with E-state index in [0.29, 0.717) is 6.73 Å². The molecule has 0 aliphatic heterocycles. The Morgan fingerprint density at radius 3 is 3.07 bits per heavy atom. The van der Waals surface area contributed by atoms with Gasteiger partial charge in [0.25, 0.3) is 0 Å². The number of esters is 1. The van der Waals surface area contributed by atoms with Gasteiger partial charge in [-0.1, -0.05) is 0 Å². The summed E-state index contributed by atoms with van der Waals surface area (Å²) in [4.78, 5) is 14.7. The molecule has 0 spiro atoms. The first-order valence-corrected chi connectivity index (χ1v) is 4.03. The number of carbonyl (C=O) groups excluding carboxylic acids is 1. The predicted molar refractivity (Wildman–Crippen MR) is 50.3 cm³/mol. The molecule has 0 atom stereocenters. The van der Waals surface area contributed by atoms with Gasteiger partial charge >= 0.3 is 5.97 Å². The molecule has 1 aromatic heterocycles. The fourth-order valence-corrected chi connectivity index (χ4v) is 0.938. The Hall–Kier alpha value is -1.62. The van der Waals surface area contributed by atoms with Crippen molar-refractivity contribution in [3.8, 4) is 0 Å². The Kier molecular flexibility index (Phi) is 3.87. The Labute approximate surface area is 82.0 Å². The Bertz CT molecular complexity index is 331. The zero-order valence-corrected chi connectivity index (χ0v) is 8.14.